The molecule has 4 nitrogen and oxygen atoms in total. The molecule has 6 heteroatoms. The Morgan fingerprint density at radius 1 is 1.46 bits per heavy atom. The van der Waals surface area contributed by atoms with Gasteiger partial charge in [-0.2, -0.15) is 4.57 Å². The molecule has 3 atom stereocenters. The van der Waals surface area contributed by atoms with Crippen molar-refractivity contribution < 1.29 is 31.6 Å². The number of aromatic nitrogens is 1. The highest BCUT2D eigenvalue weighted by Crippen LogP contribution is 2.35. The summed E-state index contributed by atoms with van der Waals surface area (Å²) in [5.74, 6) is 1.52. The molecule has 1 aromatic heterocycles. The zero-order valence-corrected chi connectivity index (χ0v) is 16.7. The molecule has 2 rings (SSSR count). The Balaban J connectivity index is 0.00000288. The number of hydrogen-bond acceptors (Lipinski definition) is 4. The fourth-order valence-corrected chi connectivity index (χ4v) is 4.53. The van der Waals surface area contributed by atoms with Gasteiger partial charge in [-0.3, -0.25) is 0 Å². The largest absolute Gasteiger partial charge is 1.00 e. The Labute approximate surface area is 155 Å². The number of halogens is 1. The van der Waals surface area contributed by atoms with Crippen molar-refractivity contribution in [2.45, 2.75) is 66.0 Å². The van der Waals surface area contributed by atoms with Gasteiger partial charge in [0.1, 0.15) is 6.10 Å². The summed E-state index contributed by atoms with van der Waals surface area (Å²) in [4.78, 5) is 13.5. The monoisotopic (exact) mass is 375 g/mol. The van der Waals surface area contributed by atoms with Crippen molar-refractivity contribution in [3.63, 3.8) is 0 Å². The number of esters is 1. The summed E-state index contributed by atoms with van der Waals surface area (Å²) >= 11 is 1.59. The van der Waals surface area contributed by atoms with Gasteiger partial charge in [0, 0.05) is 20.0 Å². The van der Waals surface area contributed by atoms with Crippen molar-refractivity contribution in [2.24, 2.45) is 17.8 Å². The first-order chi connectivity index (χ1) is 10.9. The van der Waals surface area contributed by atoms with Crippen LogP contribution in [0.15, 0.2) is 5.51 Å². The number of nitrogens with zero attached hydrogens (tertiary/aromatic N) is 1. The van der Waals surface area contributed by atoms with Crippen LogP contribution in [0.4, 0.5) is 0 Å². The van der Waals surface area contributed by atoms with Gasteiger partial charge < -0.3 is 22.3 Å². The third-order valence-corrected chi connectivity index (χ3v) is 6.18. The Bertz CT molecular complexity index is 532. The topological polar surface area (TPSA) is 50.4 Å². The van der Waals surface area contributed by atoms with Crippen LogP contribution in [0.2, 0.25) is 0 Å². The van der Waals surface area contributed by atoms with E-state index in [1.54, 1.807) is 11.3 Å². The van der Waals surface area contributed by atoms with Gasteiger partial charge in [0.15, 0.2) is 5.69 Å². The molecule has 0 saturated heterocycles. The first-order valence-corrected chi connectivity index (χ1v) is 9.57. The lowest BCUT2D eigenvalue weighted by atomic mass is 9.75. The molecular formula is C18H30ClNO3S. The number of rotatable bonds is 6. The minimum atomic E-state index is -0.142. The molecule has 3 unspecified atom stereocenters. The van der Waals surface area contributed by atoms with E-state index < -0.39 is 0 Å². The van der Waals surface area contributed by atoms with Gasteiger partial charge in [0.2, 0.25) is 12.1 Å². The standard InChI is InChI=1S/C18H30NO3S.ClH/c1-12(2)15-6-5-13(3)9-16(15)22-18(21)10-19-11-23-17(7-8-20)14(19)4;/h11-13,15-16,20H,5-10H2,1-4H3;1H/q+1;/p-1. The zero-order chi connectivity index (χ0) is 17.0. The van der Waals surface area contributed by atoms with Crippen LogP contribution in [0.25, 0.3) is 0 Å². The van der Waals surface area contributed by atoms with Gasteiger partial charge in [-0.15, -0.1) is 0 Å². The van der Waals surface area contributed by atoms with Crippen molar-refractivity contribution in [2.75, 3.05) is 6.61 Å². The zero-order valence-electron chi connectivity index (χ0n) is 15.1. The quantitative estimate of drug-likeness (QED) is 0.557. The smallest absolute Gasteiger partial charge is 0.373 e. The number of carbonyl (C=O) groups is 1. The third-order valence-electron chi connectivity index (χ3n) is 5.04. The lowest BCUT2D eigenvalue weighted by Crippen LogP contribution is -3.00. The van der Waals surface area contributed by atoms with Gasteiger partial charge >= 0.3 is 5.97 Å². The maximum Gasteiger partial charge on any atom is 0.373 e. The fourth-order valence-electron chi connectivity index (χ4n) is 3.54. The summed E-state index contributed by atoms with van der Waals surface area (Å²) in [6.07, 6.45) is 4.08. The molecule has 0 bridgehead atoms. The summed E-state index contributed by atoms with van der Waals surface area (Å²) in [7, 11) is 0. The molecule has 138 valence electrons. The normalized spacial score (nSPS) is 23.8. The molecule has 1 N–H and O–H groups in total. The van der Waals surface area contributed by atoms with E-state index in [0.29, 0.717) is 24.2 Å². The summed E-state index contributed by atoms with van der Waals surface area (Å²) in [6, 6.07) is 0. The summed E-state index contributed by atoms with van der Waals surface area (Å²) in [5.41, 5.74) is 3.00. The van der Waals surface area contributed by atoms with E-state index in [9.17, 15) is 4.79 Å². The van der Waals surface area contributed by atoms with E-state index in [-0.39, 0.29) is 37.6 Å². The van der Waals surface area contributed by atoms with Crippen LogP contribution in [0, 0.1) is 24.7 Å². The van der Waals surface area contributed by atoms with Gasteiger partial charge in [0.25, 0.3) is 0 Å². The molecule has 0 amide bonds. The van der Waals surface area contributed by atoms with Crippen LogP contribution in [0.3, 0.4) is 0 Å². The minimum Gasteiger partial charge on any atom is -1.00 e. The molecule has 0 radical (unpaired) electrons. The molecular weight excluding hydrogens is 346 g/mol. The van der Waals surface area contributed by atoms with Crippen LogP contribution < -0.4 is 17.0 Å². The molecule has 0 spiro atoms. The third kappa shape index (κ3) is 5.43. The van der Waals surface area contributed by atoms with E-state index in [0.717, 1.165) is 23.4 Å². The summed E-state index contributed by atoms with van der Waals surface area (Å²) in [5, 5.41) is 9.06. The number of carbonyl (C=O) groups excluding carboxylic acids is 1. The Morgan fingerprint density at radius 3 is 2.79 bits per heavy atom. The van der Waals surface area contributed by atoms with E-state index in [1.807, 2.05) is 17.0 Å². The van der Waals surface area contributed by atoms with Crippen molar-refractivity contribution in [1.29, 1.82) is 0 Å². The van der Waals surface area contributed by atoms with Crippen molar-refractivity contribution in [1.82, 2.24) is 0 Å². The van der Waals surface area contributed by atoms with E-state index >= 15 is 0 Å². The lowest BCUT2D eigenvalue weighted by molar-refractivity contribution is -0.687. The van der Waals surface area contributed by atoms with Gasteiger partial charge in [-0.25, -0.2) is 4.79 Å². The minimum absolute atomic E-state index is 0. The van der Waals surface area contributed by atoms with Crippen molar-refractivity contribution >= 4 is 17.3 Å². The summed E-state index contributed by atoms with van der Waals surface area (Å²) < 4.78 is 7.80. The highest BCUT2D eigenvalue weighted by molar-refractivity contribution is 7.09. The molecule has 1 aliphatic rings. The van der Waals surface area contributed by atoms with Gasteiger partial charge in [-0.05, 0) is 30.6 Å². The highest BCUT2D eigenvalue weighted by Gasteiger charge is 2.34. The predicted octanol–water partition coefficient (Wildman–Crippen LogP) is -0.113. The molecule has 1 saturated carbocycles. The lowest BCUT2D eigenvalue weighted by Gasteiger charge is -2.36. The highest BCUT2D eigenvalue weighted by atomic mass is 35.5. The second kappa shape index (κ2) is 9.73. The van der Waals surface area contributed by atoms with E-state index in [2.05, 4.69) is 20.8 Å². The predicted molar refractivity (Wildman–Crippen MR) is 91.3 cm³/mol. The Morgan fingerprint density at radius 2 is 2.17 bits per heavy atom. The second-order valence-corrected chi connectivity index (χ2v) is 8.13. The number of thiazole rings is 1. The molecule has 1 heterocycles. The maximum atomic E-state index is 12.4. The molecule has 24 heavy (non-hydrogen) atoms. The first-order valence-electron chi connectivity index (χ1n) is 8.69. The molecule has 1 aromatic rings. The fraction of sp³-hybridized carbons (Fsp3) is 0.778. The SMILES string of the molecule is Cc1c(CCO)sc[n+]1CC(=O)OC1CC(C)CCC1C(C)C.[Cl-]. The summed E-state index contributed by atoms with van der Waals surface area (Å²) in [6.45, 7) is 9.09. The van der Waals surface area contributed by atoms with Crippen LogP contribution in [-0.2, 0) is 22.5 Å². The maximum absolute atomic E-state index is 12.4. The number of aliphatic hydroxyl groups excluding tert-OH is 1. The Kier molecular flexibility index (Phi) is 8.68. The molecule has 0 aromatic carbocycles. The number of hydrogen-bond donors (Lipinski definition) is 1. The van der Waals surface area contributed by atoms with Gasteiger partial charge in [-0.1, -0.05) is 38.5 Å². The van der Waals surface area contributed by atoms with Crippen LogP contribution in [-0.4, -0.2) is 23.8 Å². The van der Waals surface area contributed by atoms with E-state index in [4.69, 9.17) is 9.84 Å². The average molecular weight is 376 g/mol. The number of aliphatic hydroxyl groups is 1. The van der Waals surface area contributed by atoms with Crippen LogP contribution in [0.5, 0.6) is 0 Å². The first kappa shape index (κ1) is 21.4. The molecule has 1 aliphatic carbocycles. The van der Waals surface area contributed by atoms with Crippen LogP contribution >= 0.6 is 11.3 Å². The van der Waals surface area contributed by atoms with E-state index in [1.165, 1.54) is 6.42 Å². The van der Waals surface area contributed by atoms with Crippen molar-refractivity contribution in [3.05, 3.63) is 16.1 Å². The molecule has 1 fully saturated rings. The average Bonchev–Trinajstić information content (AvgIpc) is 2.80. The second-order valence-electron chi connectivity index (χ2n) is 7.19. The Hall–Kier alpha value is -0.650. The van der Waals surface area contributed by atoms with Gasteiger partial charge in [0.05, 0.1) is 4.88 Å². The number of ether oxygens (including phenoxy) is 1. The van der Waals surface area contributed by atoms with Crippen LogP contribution in [0.1, 0.15) is 50.6 Å². The molecule has 0 aliphatic heterocycles. The van der Waals surface area contributed by atoms with Crippen molar-refractivity contribution in [3.8, 4) is 0 Å².